The predicted octanol–water partition coefficient (Wildman–Crippen LogP) is 1.40. The minimum absolute atomic E-state index is 0.0881. The van der Waals surface area contributed by atoms with Gasteiger partial charge in [-0.15, -0.1) is 0 Å². The lowest BCUT2D eigenvalue weighted by atomic mass is 10.0. The van der Waals surface area contributed by atoms with E-state index in [4.69, 9.17) is 21.0 Å². The van der Waals surface area contributed by atoms with Crippen LogP contribution in [0, 0.1) is 5.41 Å². The topological polar surface area (TPSA) is 146 Å². The van der Waals surface area contributed by atoms with Crippen LogP contribution in [0.1, 0.15) is 34.3 Å². The number of aliphatic carboxylic acids is 1. The molecule has 1 heterocycles. The SMILES string of the molecule is N=C(N)c1ccc(C(=O)N[C@@H](Cc2ccccc2)C(=O)N2CCC(OCC(=O)O)CC2)cc1. The Labute approximate surface area is 192 Å². The zero-order valence-electron chi connectivity index (χ0n) is 18.2. The second-order valence-corrected chi connectivity index (χ2v) is 7.94. The van der Waals surface area contributed by atoms with Crippen molar-refractivity contribution in [1.82, 2.24) is 10.2 Å². The number of rotatable bonds is 9. The molecule has 174 valence electrons. The van der Waals surface area contributed by atoms with E-state index in [2.05, 4.69) is 5.32 Å². The smallest absolute Gasteiger partial charge is 0.329 e. The summed E-state index contributed by atoms with van der Waals surface area (Å²) in [6, 6.07) is 15.0. The van der Waals surface area contributed by atoms with Crippen molar-refractivity contribution < 1.29 is 24.2 Å². The Hall–Kier alpha value is -3.72. The number of amidine groups is 1. The monoisotopic (exact) mass is 452 g/mol. The van der Waals surface area contributed by atoms with E-state index < -0.39 is 12.0 Å². The molecule has 0 aliphatic carbocycles. The molecular formula is C24H28N4O5. The van der Waals surface area contributed by atoms with Crippen LogP contribution in [0.4, 0.5) is 0 Å². The van der Waals surface area contributed by atoms with Gasteiger partial charge in [-0.25, -0.2) is 4.79 Å². The first-order valence-electron chi connectivity index (χ1n) is 10.7. The number of nitrogens with two attached hydrogens (primary N) is 1. The Bertz CT molecular complexity index is 986. The van der Waals surface area contributed by atoms with Crippen LogP contribution in [0.25, 0.3) is 0 Å². The third kappa shape index (κ3) is 6.88. The van der Waals surface area contributed by atoms with E-state index in [1.54, 1.807) is 29.2 Å². The number of benzene rings is 2. The molecule has 1 atom stereocenters. The van der Waals surface area contributed by atoms with Gasteiger partial charge in [-0.1, -0.05) is 42.5 Å². The van der Waals surface area contributed by atoms with Crippen LogP contribution in [0.2, 0.25) is 0 Å². The number of hydrogen-bond donors (Lipinski definition) is 4. The Morgan fingerprint density at radius 2 is 1.67 bits per heavy atom. The van der Waals surface area contributed by atoms with Crippen LogP contribution in [0.15, 0.2) is 54.6 Å². The molecule has 9 heteroatoms. The summed E-state index contributed by atoms with van der Waals surface area (Å²) in [6.45, 7) is 0.503. The van der Waals surface area contributed by atoms with Crippen LogP contribution in [-0.4, -0.2) is 65.5 Å². The first-order chi connectivity index (χ1) is 15.8. The van der Waals surface area contributed by atoms with Gasteiger partial charge in [0, 0.05) is 30.6 Å². The van der Waals surface area contributed by atoms with Crippen molar-refractivity contribution in [3.63, 3.8) is 0 Å². The summed E-state index contributed by atoms with van der Waals surface area (Å²) in [6.07, 6.45) is 1.22. The molecule has 0 aromatic heterocycles. The molecule has 0 spiro atoms. The maximum absolute atomic E-state index is 13.3. The third-order valence-corrected chi connectivity index (χ3v) is 5.54. The number of nitrogens with one attached hydrogen (secondary N) is 2. The van der Waals surface area contributed by atoms with Crippen molar-refractivity contribution in [3.05, 3.63) is 71.3 Å². The molecule has 0 radical (unpaired) electrons. The molecule has 2 aromatic carbocycles. The summed E-state index contributed by atoms with van der Waals surface area (Å²) >= 11 is 0. The number of nitrogens with zero attached hydrogens (tertiary/aromatic N) is 1. The van der Waals surface area contributed by atoms with Gasteiger partial charge in [0.1, 0.15) is 18.5 Å². The molecule has 0 bridgehead atoms. The number of ether oxygens (including phenoxy) is 1. The number of likely N-dealkylation sites (tertiary alicyclic amines) is 1. The van der Waals surface area contributed by atoms with E-state index in [1.807, 2.05) is 30.3 Å². The van der Waals surface area contributed by atoms with Crippen molar-refractivity contribution in [2.24, 2.45) is 5.73 Å². The molecule has 33 heavy (non-hydrogen) atoms. The van der Waals surface area contributed by atoms with Gasteiger partial charge in [0.2, 0.25) is 5.91 Å². The zero-order chi connectivity index (χ0) is 23.8. The molecule has 1 saturated heterocycles. The van der Waals surface area contributed by atoms with Crippen LogP contribution < -0.4 is 11.1 Å². The van der Waals surface area contributed by atoms with Crippen molar-refractivity contribution >= 4 is 23.6 Å². The molecule has 5 N–H and O–H groups in total. The van der Waals surface area contributed by atoms with E-state index >= 15 is 0 Å². The van der Waals surface area contributed by atoms with Gasteiger partial charge in [-0.05, 0) is 30.5 Å². The van der Waals surface area contributed by atoms with Gasteiger partial charge >= 0.3 is 5.97 Å². The quantitative estimate of drug-likeness (QED) is 0.334. The average molecular weight is 453 g/mol. The Morgan fingerprint density at radius 1 is 1.06 bits per heavy atom. The van der Waals surface area contributed by atoms with Crippen molar-refractivity contribution in [2.75, 3.05) is 19.7 Å². The lowest BCUT2D eigenvalue weighted by Gasteiger charge is -2.34. The van der Waals surface area contributed by atoms with Gasteiger partial charge in [0.15, 0.2) is 0 Å². The zero-order valence-corrected chi connectivity index (χ0v) is 18.2. The van der Waals surface area contributed by atoms with Crippen LogP contribution >= 0.6 is 0 Å². The molecule has 1 fully saturated rings. The van der Waals surface area contributed by atoms with E-state index in [-0.39, 0.29) is 30.4 Å². The van der Waals surface area contributed by atoms with Crippen LogP contribution in [-0.2, 0) is 20.7 Å². The van der Waals surface area contributed by atoms with E-state index in [1.165, 1.54) is 0 Å². The molecule has 3 rings (SSSR count). The maximum Gasteiger partial charge on any atom is 0.329 e. The lowest BCUT2D eigenvalue weighted by molar-refractivity contribution is -0.147. The maximum atomic E-state index is 13.3. The van der Waals surface area contributed by atoms with Gasteiger partial charge in [0.25, 0.3) is 5.91 Å². The Kier molecular flexibility index (Phi) is 8.15. The van der Waals surface area contributed by atoms with Crippen molar-refractivity contribution in [3.8, 4) is 0 Å². The minimum atomic E-state index is -1.02. The number of carbonyl (C=O) groups excluding carboxylic acids is 2. The second-order valence-electron chi connectivity index (χ2n) is 7.94. The van der Waals surface area contributed by atoms with Gasteiger partial charge in [-0.3, -0.25) is 15.0 Å². The molecule has 1 aliphatic heterocycles. The third-order valence-electron chi connectivity index (χ3n) is 5.54. The summed E-state index contributed by atoms with van der Waals surface area (Å²) in [5, 5.41) is 19.1. The molecular weight excluding hydrogens is 424 g/mol. The highest BCUT2D eigenvalue weighted by molar-refractivity contribution is 5.99. The fraction of sp³-hybridized carbons (Fsp3) is 0.333. The summed E-state index contributed by atoms with van der Waals surface area (Å²) in [5.41, 5.74) is 7.26. The van der Waals surface area contributed by atoms with Crippen molar-refractivity contribution in [1.29, 1.82) is 5.41 Å². The number of carbonyl (C=O) groups is 3. The molecule has 1 aliphatic rings. The largest absolute Gasteiger partial charge is 0.480 e. The molecule has 0 saturated carbocycles. The van der Waals surface area contributed by atoms with E-state index in [9.17, 15) is 14.4 Å². The normalized spacial score (nSPS) is 15.0. The number of hydrogen-bond acceptors (Lipinski definition) is 5. The predicted molar refractivity (Wildman–Crippen MR) is 122 cm³/mol. The number of nitrogen functional groups attached to an aromatic ring is 1. The van der Waals surface area contributed by atoms with E-state index in [0.29, 0.717) is 43.5 Å². The summed E-state index contributed by atoms with van der Waals surface area (Å²) in [7, 11) is 0. The first-order valence-corrected chi connectivity index (χ1v) is 10.7. The number of carboxylic acid groups (broad SMARTS) is 1. The second kappa shape index (κ2) is 11.2. The fourth-order valence-electron chi connectivity index (χ4n) is 3.74. The molecule has 2 aromatic rings. The van der Waals surface area contributed by atoms with E-state index in [0.717, 1.165) is 5.56 Å². The summed E-state index contributed by atoms with van der Waals surface area (Å²) < 4.78 is 5.35. The number of piperidine rings is 1. The average Bonchev–Trinajstić information content (AvgIpc) is 2.83. The number of amides is 2. The first kappa shape index (κ1) is 23.9. The lowest BCUT2D eigenvalue weighted by Crippen LogP contribution is -2.52. The Morgan fingerprint density at radius 3 is 2.24 bits per heavy atom. The standard InChI is InChI=1S/C24H28N4O5/c25-22(26)17-6-8-18(9-7-17)23(31)27-20(14-16-4-2-1-3-5-16)24(32)28-12-10-19(11-13-28)33-15-21(29)30/h1-9,19-20H,10-15H2,(H3,25,26)(H,27,31)(H,29,30)/t20-/m0/s1. The van der Waals surface area contributed by atoms with Crippen LogP contribution in [0.5, 0.6) is 0 Å². The molecule has 0 unspecified atom stereocenters. The fourth-order valence-corrected chi connectivity index (χ4v) is 3.74. The highest BCUT2D eigenvalue weighted by Gasteiger charge is 2.30. The van der Waals surface area contributed by atoms with Gasteiger partial charge < -0.3 is 25.8 Å². The van der Waals surface area contributed by atoms with Gasteiger partial charge in [-0.2, -0.15) is 0 Å². The Balaban J connectivity index is 1.68. The van der Waals surface area contributed by atoms with Gasteiger partial charge in [0.05, 0.1) is 6.10 Å². The molecule has 2 amide bonds. The summed E-state index contributed by atoms with van der Waals surface area (Å²) in [5.74, 6) is -1.69. The van der Waals surface area contributed by atoms with Crippen LogP contribution in [0.3, 0.4) is 0 Å². The summed E-state index contributed by atoms with van der Waals surface area (Å²) in [4.78, 5) is 38.6. The molecule has 9 nitrogen and oxygen atoms in total. The highest BCUT2D eigenvalue weighted by atomic mass is 16.5. The van der Waals surface area contributed by atoms with Crippen molar-refractivity contribution in [2.45, 2.75) is 31.4 Å². The minimum Gasteiger partial charge on any atom is -0.480 e. The highest BCUT2D eigenvalue weighted by Crippen LogP contribution is 2.16. The number of carboxylic acids is 1.